The number of rotatable bonds is 7. The van der Waals surface area contributed by atoms with E-state index in [0.29, 0.717) is 6.42 Å². The van der Waals surface area contributed by atoms with E-state index in [0.717, 1.165) is 24.2 Å². The summed E-state index contributed by atoms with van der Waals surface area (Å²) in [6.45, 7) is 4.06. The summed E-state index contributed by atoms with van der Waals surface area (Å²) in [7, 11) is 1.64. The van der Waals surface area contributed by atoms with Crippen LogP contribution in [0.25, 0.3) is 0 Å². The lowest BCUT2D eigenvalue weighted by molar-refractivity contribution is -0.123. The number of halogens is 1. The maximum absolute atomic E-state index is 11.9. The molecule has 0 aliphatic carbocycles. The second-order valence-electron chi connectivity index (χ2n) is 4.64. The fourth-order valence-corrected chi connectivity index (χ4v) is 1.98. The summed E-state index contributed by atoms with van der Waals surface area (Å²) < 4.78 is 5.13. The highest BCUT2D eigenvalue weighted by Gasteiger charge is 2.17. The number of methoxy groups -OCH3 is 1. The summed E-state index contributed by atoms with van der Waals surface area (Å²) >= 11 is 0. The maximum atomic E-state index is 11.9. The van der Waals surface area contributed by atoms with Gasteiger partial charge >= 0.3 is 0 Å². The molecule has 0 aliphatic rings. The number of amides is 1. The molecule has 0 aliphatic heterocycles. The summed E-state index contributed by atoms with van der Waals surface area (Å²) in [5.74, 6) is 0.733. The van der Waals surface area contributed by atoms with E-state index < -0.39 is 6.04 Å². The van der Waals surface area contributed by atoms with Crippen molar-refractivity contribution in [2.45, 2.75) is 45.2 Å². The average Bonchev–Trinajstić information content (AvgIpc) is 2.45. The number of ether oxygens (including phenoxy) is 1. The standard InChI is InChI=1S/C15H24N2O2.ClH/c1-4-6-13(16)15(18)17-14(5-2)11-7-9-12(19-3)10-8-11;/h7-10,13-14H,4-6,16H2,1-3H3,(H,17,18);1H. The first-order valence-electron chi connectivity index (χ1n) is 6.82. The van der Waals surface area contributed by atoms with Gasteiger partial charge in [0, 0.05) is 0 Å². The summed E-state index contributed by atoms with van der Waals surface area (Å²) in [5.41, 5.74) is 6.89. The quantitative estimate of drug-likeness (QED) is 0.814. The van der Waals surface area contributed by atoms with Gasteiger partial charge in [0.2, 0.25) is 5.91 Å². The van der Waals surface area contributed by atoms with Crippen LogP contribution in [-0.4, -0.2) is 19.1 Å². The topological polar surface area (TPSA) is 64.4 Å². The predicted octanol–water partition coefficient (Wildman–Crippen LogP) is 2.81. The Bertz CT molecular complexity index is 395. The molecule has 114 valence electrons. The largest absolute Gasteiger partial charge is 0.497 e. The molecule has 0 saturated carbocycles. The Labute approximate surface area is 127 Å². The Morgan fingerprint density at radius 2 is 1.90 bits per heavy atom. The van der Waals surface area contributed by atoms with Crippen molar-refractivity contribution in [2.24, 2.45) is 5.73 Å². The smallest absolute Gasteiger partial charge is 0.237 e. The van der Waals surface area contributed by atoms with Gasteiger partial charge < -0.3 is 15.8 Å². The number of hydrogen-bond donors (Lipinski definition) is 2. The molecule has 1 aromatic rings. The van der Waals surface area contributed by atoms with Crippen LogP contribution in [0.3, 0.4) is 0 Å². The third kappa shape index (κ3) is 5.39. The van der Waals surface area contributed by atoms with Crippen molar-refractivity contribution in [1.82, 2.24) is 5.32 Å². The van der Waals surface area contributed by atoms with Crippen molar-refractivity contribution >= 4 is 18.3 Å². The molecule has 0 heterocycles. The van der Waals surface area contributed by atoms with E-state index in [1.807, 2.05) is 38.1 Å². The van der Waals surface area contributed by atoms with E-state index in [-0.39, 0.29) is 24.4 Å². The molecule has 0 saturated heterocycles. The van der Waals surface area contributed by atoms with Crippen LogP contribution in [0.5, 0.6) is 5.75 Å². The fraction of sp³-hybridized carbons (Fsp3) is 0.533. The molecule has 0 spiro atoms. The number of hydrogen-bond acceptors (Lipinski definition) is 3. The minimum absolute atomic E-state index is 0. The molecule has 2 atom stereocenters. The van der Waals surface area contributed by atoms with E-state index >= 15 is 0 Å². The maximum Gasteiger partial charge on any atom is 0.237 e. The van der Waals surface area contributed by atoms with Crippen LogP contribution >= 0.6 is 12.4 Å². The number of nitrogens with two attached hydrogens (primary N) is 1. The van der Waals surface area contributed by atoms with Gasteiger partial charge in [-0.3, -0.25) is 4.79 Å². The zero-order chi connectivity index (χ0) is 14.3. The van der Waals surface area contributed by atoms with Crippen LogP contribution in [0.2, 0.25) is 0 Å². The highest BCUT2D eigenvalue weighted by molar-refractivity contribution is 5.85. The molecule has 20 heavy (non-hydrogen) atoms. The van der Waals surface area contributed by atoms with Crippen molar-refractivity contribution in [3.05, 3.63) is 29.8 Å². The monoisotopic (exact) mass is 300 g/mol. The van der Waals surface area contributed by atoms with Crippen molar-refractivity contribution < 1.29 is 9.53 Å². The number of nitrogens with one attached hydrogen (secondary N) is 1. The Morgan fingerprint density at radius 1 is 1.30 bits per heavy atom. The molecule has 4 nitrogen and oxygen atoms in total. The van der Waals surface area contributed by atoms with E-state index in [9.17, 15) is 4.79 Å². The predicted molar refractivity (Wildman–Crippen MR) is 84.3 cm³/mol. The van der Waals surface area contributed by atoms with Crippen molar-refractivity contribution in [3.8, 4) is 5.75 Å². The second kappa shape index (κ2) is 9.61. The van der Waals surface area contributed by atoms with Gasteiger partial charge in [-0.25, -0.2) is 0 Å². The molecular formula is C15H25ClN2O2. The van der Waals surface area contributed by atoms with Gasteiger partial charge in [-0.2, -0.15) is 0 Å². The zero-order valence-electron chi connectivity index (χ0n) is 12.4. The van der Waals surface area contributed by atoms with Gasteiger partial charge in [-0.05, 0) is 30.5 Å². The minimum Gasteiger partial charge on any atom is -0.497 e. The van der Waals surface area contributed by atoms with Gasteiger partial charge in [0.15, 0.2) is 0 Å². The Morgan fingerprint density at radius 3 is 2.35 bits per heavy atom. The molecule has 0 fully saturated rings. The first kappa shape index (κ1) is 18.7. The molecule has 1 aromatic carbocycles. The lowest BCUT2D eigenvalue weighted by Gasteiger charge is -2.20. The molecule has 1 rings (SSSR count). The van der Waals surface area contributed by atoms with Crippen molar-refractivity contribution in [1.29, 1.82) is 0 Å². The normalized spacial score (nSPS) is 13.0. The summed E-state index contributed by atoms with van der Waals surface area (Å²) in [6.07, 6.45) is 2.45. The summed E-state index contributed by atoms with van der Waals surface area (Å²) in [4.78, 5) is 11.9. The van der Waals surface area contributed by atoms with Crippen LogP contribution in [0.1, 0.15) is 44.7 Å². The van der Waals surface area contributed by atoms with E-state index in [2.05, 4.69) is 5.32 Å². The van der Waals surface area contributed by atoms with Crippen LogP contribution < -0.4 is 15.8 Å². The van der Waals surface area contributed by atoms with Crippen LogP contribution in [-0.2, 0) is 4.79 Å². The molecule has 2 unspecified atom stereocenters. The zero-order valence-corrected chi connectivity index (χ0v) is 13.2. The highest BCUT2D eigenvalue weighted by atomic mass is 35.5. The van der Waals surface area contributed by atoms with Gasteiger partial charge in [0.1, 0.15) is 5.75 Å². The second-order valence-corrected chi connectivity index (χ2v) is 4.64. The summed E-state index contributed by atoms with van der Waals surface area (Å²) in [5, 5.41) is 3.00. The van der Waals surface area contributed by atoms with Crippen LogP contribution in [0.4, 0.5) is 0 Å². The van der Waals surface area contributed by atoms with Gasteiger partial charge in [0.05, 0.1) is 19.2 Å². The van der Waals surface area contributed by atoms with Crippen LogP contribution in [0.15, 0.2) is 24.3 Å². The van der Waals surface area contributed by atoms with Crippen molar-refractivity contribution in [2.75, 3.05) is 7.11 Å². The highest BCUT2D eigenvalue weighted by Crippen LogP contribution is 2.20. The Kier molecular flexibility index (Phi) is 9.01. The Hall–Kier alpha value is -1.26. The van der Waals surface area contributed by atoms with Crippen molar-refractivity contribution in [3.63, 3.8) is 0 Å². The molecule has 0 radical (unpaired) electrons. The van der Waals surface area contributed by atoms with E-state index in [1.54, 1.807) is 7.11 Å². The number of benzene rings is 1. The molecular weight excluding hydrogens is 276 g/mol. The Balaban J connectivity index is 0.00000361. The first-order chi connectivity index (χ1) is 9.12. The molecule has 0 bridgehead atoms. The lowest BCUT2D eigenvalue weighted by Crippen LogP contribution is -2.42. The molecule has 0 aromatic heterocycles. The van der Waals surface area contributed by atoms with Gasteiger partial charge in [-0.1, -0.05) is 32.4 Å². The molecule has 3 N–H and O–H groups in total. The minimum atomic E-state index is -0.419. The fourth-order valence-electron chi connectivity index (χ4n) is 1.98. The number of carbonyl (C=O) groups is 1. The third-order valence-electron chi connectivity index (χ3n) is 3.18. The lowest BCUT2D eigenvalue weighted by atomic mass is 10.0. The van der Waals surface area contributed by atoms with Gasteiger partial charge in [0.25, 0.3) is 0 Å². The van der Waals surface area contributed by atoms with Gasteiger partial charge in [-0.15, -0.1) is 12.4 Å². The SMILES string of the molecule is CCCC(N)C(=O)NC(CC)c1ccc(OC)cc1.Cl. The van der Waals surface area contributed by atoms with Crippen LogP contribution in [0, 0.1) is 0 Å². The first-order valence-corrected chi connectivity index (χ1v) is 6.82. The molecule has 1 amide bonds. The van der Waals surface area contributed by atoms with E-state index in [4.69, 9.17) is 10.5 Å². The third-order valence-corrected chi connectivity index (χ3v) is 3.18. The number of carbonyl (C=O) groups excluding carboxylic acids is 1. The average molecular weight is 301 g/mol. The summed E-state index contributed by atoms with van der Waals surface area (Å²) in [6, 6.07) is 7.32. The van der Waals surface area contributed by atoms with E-state index in [1.165, 1.54) is 0 Å². The molecule has 5 heteroatoms.